The standard InChI is InChI=1S/C17H21NO3/c1-16(2,3)21-15(19)18-12-10-17(20-4,11-13-18)14-8-6-5-7-9-14/h5-13H,1-4H3. The fraction of sp³-hybridized carbons (Fsp3) is 0.353. The summed E-state index contributed by atoms with van der Waals surface area (Å²) in [5.74, 6) is 0. The molecule has 1 aliphatic rings. The zero-order valence-corrected chi connectivity index (χ0v) is 12.9. The van der Waals surface area contributed by atoms with E-state index >= 15 is 0 Å². The molecule has 0 N–H and O–H groups in total. The number of carbonyl (C=O) groups is 1. The zero-order chi connectivity index (χ0) is 15.5. The van der Waals surface area contributed by atoms with E-state index in [0.29, 0.717) is 0 Å². The molecule has 4 nitrogen and oxygen atoms in total. The van der Waals surface area contributed by atoms with Crippen LogP contribution in [0.2, 0.25) is 0 Å². The highest BCUT2D eigenvalue weighted by molar-refractivity contribution is 5.71. The van der Waals surface area contributed by atoms with Gasteiger partial charge in [-0.3, -0.25) is 4.90 Å². The molecule has 21 heavy (non-hydrogen) atoms. The Hall–Kier alpha value is -2.07. The van der Waals surface area contributed by atoms with Crippen molar-refractivity contribution in [3.8, 4) is 0 Å². The van der Waals surface area contributed by atoms with E-state index < -0.39 is 17.3 Å². The molecule has 0 fully saturated rings. The van der Waals surface area contributed by atoms with Crippen molar-refractivity contribution in [3.05, 3.63) is 60.4 Å². The van der Waals surface area contributed by atoms with Crippen molar-refractivity contribution in [3.63, 3.8) is 0 Å². The summed E-state index contributed by atoms with van der Waals surface area (Å²) in [6, 6.07) is 9.84. The molecule has 1 heterocycles. The van der Waals surface area contributed by atoms with Gasteiger partial charge in [0.25, 0.3) is 0 Å². The molecule has 0 saturated heterocycles. The van der Waals surface area contributed by atoms with E-state index in [1.165, 1.54) is 4.90 Å². The SMILES string of the molecule is COC1(c2ccccc2)C=CN(C(=O)OC(C)(C)C)C=C1. The molecular weight excluding hydrogens is 266 g/mol. The predicted molar refractivity (Wildman–Crippen MR) is 81.5 cm³/mol. The van der Waals surface area contributed by atoms with Crippen LogP contribution in [0.3, 0.4) is 0 Å². The fourth-order valence-electron chi connectivity index (χ4n) is 2.07. The minimum Gasteiger partial charge on any atom is -0.443 e. The van der Waals surface area contributed by atoms with Crippen LogP contribution in [-0.4, -0.2) is 23.7 Å². The number of carbonyl (C=O) groups excluding carboxylic acids is 1. The Morgan fingerprint density at radius 2 is 1.67 bits per heavy atom. The van der Waals surface area contributed by atoms with E-state index in [9.17, 15) is 4.79 Å². The summed E-state index contributed by atoms with van der Waals surface area (Å²) in [6.07, 6.45) is 6.61. The lowest BCUT2D eigenvalue weighted by atomic mass is 9.92. The van der Waals surface area contributed by atoms with Gasteiger partial charge in [-0.1, -0.05) is 30.3 Å². The molecule has 1 amide bonds. The number of ether oxygens (including phenoxy) is 2. The maximum atomic E-state index is 12.0. The summed E-state index contributed by atoms with van der Waals surface area (Å²) in [5.41, 5.74) is -0.169. The molecule has 0 unspecified atom stereocenters. The Morgan fingerprint density at radius 3 is 2.14 bits per heavy atom. The van der Waals surface area contributed by atoms with Crippen LogP contribution in [0.1, 0.15) is 26.3 Å². The smallest absolute Gasteiger partial charge is 0.418 e. The van der Waals surface area contributed by atoms with E-state index in [1.807, 2.05) is 63.3 Å². The second-order valence-corrected chi connectivity index (χ2v) is 5.88. The number of hydrogen-bond acceptors (Lipinski definition) is 3. The van der Waals surface area contributed by atoms with Crippen LogP contribution in [0.4, 0.5) is 4.79 Å². The van der Waals surface area contributed by atoms with E-state index in [2.05, 4.69) is 0 Å². The molecular formula is C17H21NO3. The molecule has 0 spiro atoms. The van der Waals surface area contributed by atoms with Crippen LogP contribution in [0.25, 0.3) is 0 Å². The molecule has 1 aromatic carbocycles. The third-order valence-corrected chi connectivity index (χ3v) is 3.13. The number of nitrogens with zero attached hydrogens (tertiary/aromatic N) is 1. The third-order valence-electron chi connectivity index (χ3n) is 3.13. The van der Waals surface area contributed by atoms with Crippen LogP contribution >= 0.6 is 0 Å². The molecule has 1 aliphatic heterocycles. The van der Waals surface area contributed by atoms with Gasteiger partial charge >= 0.3 is 6.09 Å². The summed E-state index contributed by atoms with van der Waals surface area (Å²) >= 11 is 0. The largest absolute Gasteiger partial charge is 0.443 e. The summed E-state index contributed by atoms with van der Waals surface area (Å²) in [6.45, 7) is 5.52. The molecule has 0 aromatic heterocycles. The topological polar surface area (TPSA) is 38.8 Å². The Labute approximate surface area is 125 Å². The molecule has 4 heteroatoms. The lowest BCUT2D eigenvalue weighted by molar-refractivity contribution is 0.0360. The van der Waals surface area contributed by atoms with Crippen LogP contribution in [0, 0.1) is 0 Å². The Balaban J connectivity index is 2.18. The fourth-order valence-corrected chi connectivity index (χ4v) is 2.07. The van der Waals surface area contributed by atoms with Crippen LogP contribution in [0.15, 0.2) is 54.9 Å². The second kappa shape index (κ2) is 5.74. The summed E-state index contributed by atoms with van der Waals surface area (Å²) in [4.78, 5) is 13.4. The number of benzene rings is 1. The highest BCUT2D eigenvalue weighted by Gasteiger charge is 2.30. The van der Waals surface area contributed by atoms with Crippen molar-refractivity contribution >= 4 is 6.09 Å². The molecule has 0 saturated carbocycles. The minimum atomic E-state index is -0.653. The lowest BCUT2D eigenvalue weighted by Gasteiger charge is -2.31. The predicted octanol–water partition coefficient (Wildman–Crippen LogP) is 3.81. The van der Waals surface area contributed by atoms with Gasteiger partial charge in [0.15, 0.2) is 0 Å². The summed E-state index contributed by atoms with van der Waals surface area (Å²) < 4.78 is 11.0. The average molecular weight is 287 g/mol. The van der Waals surface area contributed by atoms with Crippen molar-refractivity contribution in [1.82, 2.24) is 4.90 Å². The molecule has 112 valence electrons. The van der Waals surface area contributed by atoms with Gasteiger partial charge in [-0.05, 0) is 38.5 Å². The van der Waals surface area contributed by atoms with Crippen molar-refractivity contribution in [2.45, 2.75) is 32.0 Å². The lowest BCUT2D eigenvalue weighted by Crippen LogP contribution is -2.34. The number of methoxy groups -OCH3 is 1. The normalized spacial score (nSPS) is 16.9. The van der Waals surface area contributed by atoms with Crippen molar-refractivity contribution in [2.75, 3.05) is 7.11 Å². The molecule has 0 aliphatic carbocycles. The highest BCUT2D eigenvalue weighted by Crippen LogP contribution is 2.31. The van der Waals surface area contributed by atoms with E-state index in [4.69, 9.17) is 9.47 Å². The van der Waals surface area contributed by atoms with Crippen LogP contribution in [0.5, 0.6) is 0 Å². The van der Waals surface area contributed by atoms with Gasteiger partial charge in [0.2, 0.25) is 0 Å². The first-order valence-electron chi connectivity index (χ1n) is 6.87. The molecule has 0 radical (unpaired) electrons. The van der Waals surface area contributed by atoms with Crippen molar-refractivity contribution in [1.29, 1.82) is 0 Å². The molecule has 2 rings (SSSR count). The van der Waals surface area contributed by atoms with Gasteiger partial charge < -0.3 is 9.47 Å². The number of rotatable bonds is 2. The Bertz CT molecular complexity index is 541. The first-order valence-corrected chi connectivity index (χ1v) is 6.87. The summed E-state index contributed by atoms with van der Waals surface area (Å²) in [7, 11) is 1.64. The van der Waals surface area contributed by atoms with Crippen molar-refractivity contribution < 1.29 is 14.3 Å². The average Bonchev–Trinajstić information content (AvgIpc) is 2.46. The maximum Gasteiger partial charge on any atom is 0.418 e. The minimum absolute atomic E-state index is 0.409. The Morgan fingerprint density at radius 1 is 1.10 bits per heavy atom. The third kappa shape index (κ3) is 3.52. The van der Waals surface area contributed by atoms with Gasteiger partial charge in [-0.25, -0.2) is 4.79 Å². The van der Waals surface area contributed by atoms with Crippen LogP contribution in [-0.2, 0) is 15.1 Å². The monoisotopic (exact) mass is 287 g/mol. The summed E-state index contributed by atoms with van der Waals surface area (Å²) in [5, 5.41) is 0. The van der Waals surface area contributed by atoms with Gasteiger partial charge in [-0.2, -0.15) is 0 Å². The Kier molecular flexibility index (Phi) is 4.19. The van der Waals surface area contributed by atoms with Gasteiger partial charge in [0, 0.05) is 19.5 Å². The van der Waals surface area contributed by atoms with E-state index in [0.717, 1.165) is 5.56 Å². The molecule has 0 atom stereocenters. The first-order chi connectivity index (χ1) is 9.86. The van der Waals surface area contributed by atoms with E-state index in [-0.39, 0.29) is 0 Å². The van der Waals surface area contributed by atoms with Gasteiger partial charge in [0.1, 0.15) is 11.2 Å². The first kappa shape index (κ1) is 15.3. The van der Waals surface area contributed by atoms with Gasteiger partial charge in [0.05, 0.1) is 0 Å². The number of hydrogen-bond donors (Lipinski definition) is 0. The molecule has 1 aromatic rings. The zero-order valence-electron chi connectivity index (χ0n) is 12.9. The van der Waals surface area contributed by atoms with Crippen LogP contribution < -0.4 is 0 Å². The molecule has 0 bridgehead atoms. The number of amides is 1. The van der Waals surface area contributed by atoms with E-state index in [1.54, 1.807) is 19.5 Å². The highest BCUT2D eigenvalue weighted by atomic mass is 16.6. The second-order valence-electron chi connectivity index (χ2n) is 5.88. The quantitative estimate of drug-likeness (QED) is 0.830. The maximum absolute atomic E-state index is 12.0. The van der Waals surface area contributed by atoms with Gasteiger partial charge in [-0.15, -0.1) is 0 Å². The van der Waals surface area contributed by atoms with Crippen molar-refractivity contribution in [2.24, 2.45) is 0 Å².